The van der Waals surface area contributed by atoms with Crippen LogP contribution in [0.25, 0.3) is 64.3 Å². The van der Waals surface area contributed by atoms with E-state index in [0.717, 1.165) is 17.1 Å². The van der Waals surface area contributed by atoms with E-state index in [4.69, 9.17) is 0 Å². The smallest absolute Gasteiger partial charge is 0.0714 e. The third-order valence-electron chi connectivity index (χ3n) is 12.7. The van der Waals surface area contributed by atoms with Crippen molar-refractivity contribution in [2.75, 3.05) is 4.90 Å². The Balaban J connectivity index is 1.13. The van der Waals surface area contributed by atoms with Crippen LogP contribution in [0.4, 0.5) is 17.1 Å². The maximum Gasteiger partial charge on any atom is 0.0714 e. The zero-order valence-corrected chi connectivity index (χ0v) is 34.2. The van der Waals surface area contributed by atoms with Crippen molar-refractivity contribution in [3.8, 4) is 33.4 Å². The molecule has 10 aromatic carbocycles. The van der Waals surface area contributed by atoms with Gasteiger partial charge in [-0.05, 0) is 97.7 Å². The fourth-order valence-electron chi connectivity index (χ4n) is 10.1. The number of benzene rings is 10. The summed E-state index contributed by atoms with van der Waals surface area (Å²) < 4.78 is 2.62. The van der Waals surface area contributed by atoms with Gasteiger partial charge >= 0.3 is 0 Å². The summed E-state index contributed by atoms with van der Waals surface area (Å²) in [7, 11) is 0. The first kappa shape index (κ1) is 35.4. The zero-order valence-electron chi connectivity index (χ0n) is 33.4. The van der Waals surface area contributed by atoms with Crippen LogP contribution in [0, 0.1) is 0 Å². The van der Waals surface area contributed by atoms with Crippen LogP contribution in [0.5, 0.6) is 0 Å². The van der Waals surface area contributed by atoms with Crippen molar-refractivity contribution in [1.82, 2.24) is 0 Å². The monoisotopic (exact) mass is 793 g/mol. The summed E-state index contributed by atoms with van der Waals surface area (Å²) in [5.74, 6) is 0. The SMILES string of the molecule is c1ccc(C2(c3ccccc3)c3ccccc3-c3c(N(c4cccc(-c5ccc6c(c5)sc5ccccc56)c4)c4ccccc4-c4ccc5ccccc5c4)cccc32)cc1. The Morgan fingerprint density at radius 3 is 1.79 bits per heavy atom. The number of fused-ring (bicyclic) bond motifs is 7. The van der Waals surface area contributed by atoms with Crippen LogP contribution in [-0.2, 0) is 5.41 Å². The van der Waals surface area contributed by atoms with E-state index in [1.165, 1.54) is 86.6 Å². The van der Waals surface area contributed by atoms with Crippen molar-refractivity contribution in [1.29, 1.82) is 0 Å². The van der Waals surface area contributed by atoms with Gasteiger partial charge in [0, 0.05) is 37.0 Å². The third kappa shape index (κ3) is 5.60. The van der Waals surface area contributed by atoms with E-state index in [2.05, 4.69) is 241 Å². The second-order valence-corrected chi connectivity index (χ2v) is 17.1. The maximum absolute atomic E-state index is 2.52. The molecule has 0 atom stereocenters. The van der Waals surface area contributed by atoms with Gasteiger partial charge in [0.2, 0.25) is 0 Å². The molecule has 0 unspecified atom stereocenters. The first-order valence-corrected chi connectivity index (χ1v) is 21.8. The van der Waals surface area contributed by atoms with Crippen LogP contribution >= 0.6 is 11.3 Å². The van der Waals surface area contributed by atoms with Crippen molar-refractivity contribution >= 4 is 59.3 Å². The van der Waals surface area contributed by atoms with E-state index in [1.807, 2.05) is 11.3 Å². The lowest BCUT2D eigenvalue weighted by Crippen LogP contribution is -2.28. The molecular formula is C59H39NS. The van der Waals surface area contributed by atoms with Gasteiger partial charge in [0.25, 0.3) is 0 Å². The molecule has 0 saturated carbocycles. The maximum atomic E-state index is 2.52. The lowest BCUT2D eigenvalue weighted by molar-refractivity contribution is 0.768. The van der Waals surface area contributed by atoms with Gasteiger partial charge in [0.15, 0.2) is 0 Å². The van der Waals surface area contributed by atoms with Gasteiger partial charge in [0.1, 0.15) is 0 Å². The number of rotatable bonds is 7. The Hall–Kier alpha value is -7.52. The average molecular weight is 794 g/mol. The topological polar surface area (TPSA) is 3.24 Å². The fraction of sp³-hybridized carbons (Fsp3) is 0.0169. The minimum Gasteiger partial charge on any atom is -0.309 e. The van der Waals surface area contributed by atoms with Crippen LogP contribution in [0.15, 0.2) is 237 Å². The van der Waals surface area contributed by atoms with Crippen molar-refractivity contribution in [3.63, 3.8) is 0 Å². The zero-order chi connectivity index (χ0) is 40.3. The largest absolute Gasteiger partial charge is 0.309 e. The number of thiophene rings is 1. The van der Waals surface area contributed by atoms with Crippen LogP contribution < -0.4 is 4.90 Å². The van der Waals surface area contributed by atoms with E-state index in [-0.39, 0.29) is 0 Å². The normalized spacial score (nSPS) is 12.7. The van der Waals surface area contributed by atoms with Gasteiger partial charge in [-0.3, -0.25) is 0 Å². The Bertz CT molecular complexity index is 3400. The summed E-state index contributed by atoms with van der Waals surface area (Å²) in [5.41, 5.74) is 15.2. The highest BCUT2D eigenvalue weighted by molar-refractivity contribution is 7.25. The molecule has 1 heterocycles. The van der Waals surface area contributed by atoms with Crippen LogP contribution in [0.3, 0.4) is 0 Å². The minimum absolute atomic E-state index is 0.518. The van der Waals surface area contributed by atoms with Crippen molar-refractivity contribution < 1.29 is 0 Å². The van der Waals surface area contributed by atoms with E-state index in [9.17, 15) is 0 Å². The lowest BCUT2D eigenvalue weighted by Gasteiger charge is -2.34. The summed E-state index contributed by atoms with van der Waals surface area (Å²) in [5, 5.41) is 5.09. The molecule has 0 spiro atoms. The predicted molar refractivity (Wildman–Crippen MR) is 260 cm³/mol. The lowest BCUT2D eigenvalue weighted by atomic mass is 9.68. The number of para-hydroxylation sites is 1. The molecule has 0 saturated heterocycles. The Kier molecular flexibility index (Phi) is 8.33. The van der Waals surface area contributed by atoms with Crippen molar-refractivity contribution in [2.45, 2.75) is 5.41 Å². The fourth-order valence-corrected chi connectivity index (χ4v) is 11.2. The minimum atomic E-state index is -0.518. The molecular weight excluding hydrogens is 755 g/mol. The molecule has 0 amide bonds. The number of hydrogen-bond donors (Lipinski definition) is 0. The molecule has 1 aliphatic rings. The molecule has 11 aromatic rings. The van der Waals surface area contributed by atoms with Crippen molar-refractivity contribution in [2.24, 2.45) is 0 Å². The van der Waals surface area contributed by atoms with Gasteiger partial charge < -0.3 is 4.90 Å². The Labute approximate surface area is 360 Å². The molecule has 0 aliphatic heterocycles. The quantitative estimate of drug-likeness (QED) is 0.155. The number of nitrogens with zero attached hydrogens (tertiary/aromatic N) is 1. The summed E-state index contributed by atoms with van der Waals surface area (Å²) >= 11 is 1.87. The third-order valence-corrected chi connectivity index (χ3v) is 13.9. The summed E-state index contributed by atoms with van der Waals surface area (Å²) in [6.07, 6.45) is 0. The second-order valence-electron chi connectivity index (χ2n) is 16.0. The first-order valence-electron chi connectivity index (χ1n) is 21.0. The molecule has 0 fully saturated rings. The van der Waals surface area contributed by atoms with E-state index >= 15 is 0 Å². The van der Waals surface area contributed by atoms with Gasteiger partial charge in [0.05, 0.1) is 16.8 Å². The Morgan fingerprint density at radius 1 is 0.344 bits per heavy atom. The average Bonchev–Trinajstić information content (AvgIpc) is 3.86. The van der Waals surface area contributed by atoms with E-state index < -0.39 is 5.41 Å². The molecule has 0 bridgehead atoms. The molecule has 1 aliphatic carbocycles. The first-order chi connectivity index (χ1) is 30.3. The molecule has 12 rings (SSSR count). The Morgan fingerprint density at radius 2 is 0.951 bits per heavy atom. The van der Waals surface area contributed by atoms with E-state index in [1.54, 1.807) is 0 Å². The second kappa shape index (κ2) is 14.3. The summed E-state index contributed by atoms with van der Waals surface area (Å²) in [6.45, 7) is 0. The molecule has 1 aromatic heterocycles. The van der Waals surface area contributed by atoms with Crippen LogP contribution in [0.1, 0.15) is 22.3 Å². The summed E-state index contributed by atoms with van der Waals surface area (Å²) in [4.78, 5) is 2.52. The molecule has 286 valence electrons. The molecule has 0 radical (unpaired) electrons. The molecule has 1 nitrogen and oxygen atoms in total. The van der Waals surface area contributed by atoms with E-state index in [0.29, 0.717) is 0 Å². The van der Waals surface area contributed by atoms with Gasteiger partial charge in [-0.1, -0.05) is 194 Å². The van der Waals surface area contributed by atoms with Gasteiger partial charge in [-0.15, -0.1) is 11.3 Å². The highest BCUT2D eigenvalue weighted by Gasteiger charge is 2.47. The van der Waals surface area contributed by atoms with Crippen LogP contribution in [-0.4, -0.2) is 0 Å². The van der Waals surface area contributed by atoms with Gasteiger partial charge in [-0.25, -0.2) is 0 Å². The molecule has 61 heavy (non-hydrogen) atoms. The number of hydrogen-bond acceptors (Lipinski definition) is 2. The molecule has 2 heteroatoms. The highest BCUT2D eigenvalue weighted by atomic mass is 32.1. The predicted octanol–water partition coefficient (Wildman–Crippen LogP) is 16.4. The van der Waals surface area contributed by atoms with Crippen LogP contribution in [0.2, 0.25) is 0 Å². The highest BCUT2D eigenvalue weighted by Crippen LogP contribution is 2.60. The molecule has 0 N–H and O–H groups in total. The standard InChI is InChI=1S/C59H39NS/c1-3-20-45(21-4-1)59(46-22-5-2-6-23-46)52-28-12-9-27-51(52)58-53(59)29-16-31-55(58)60(54-30-13-10-25-48(54)44-34-33-40-17-7-8-18-41(40)37-44)47-24-15-19-42(38-47)43-35-36-50-49-26-11-14-32-56(49)61-57(50)39-43/h1-39H. The number of anilines is 3. The van der Waals surface area contributed by atoms with Crippen molar-refractivity contribution in [3.05, 3.63) is 259 Å². The van der Waals surface area contributed by atoms with Gasteiger partial charge in [-0.2, -0.15) is 0 Å². The summed E-state index contributed by atoms with van der Waals surface area (Å²) in [6, 6.07) is 87.5.